The van der Waals surface area contributed by atoms with Crippen LogP contribution in [0.2, 0.25) is 0 Å². The number of halogens is 1. The van der Waals surface area contributed by atoms with Gasteiger partial charge in [0.15, 0.2) is 11.5 Å². The number of carbonyl (C=O) groups is 2. The Bertz CT molecular complexity index is 1730. The fourth-order valence-corrected chi connectivity index (χ4v) is 6.01. The number of anilines is 1. The average molecular weight is 643 g/mol. The SMILES string of the molecule is COc1ccc(C)c(-n2c(N(C(=O)OC(C)(C)C)C(=O)OC(C)(C)C)c(C#N)c3c(Br)nc4nc(C)sc4c32)c1C. The molecule has 0 atom stereocenters. The first-order chi connectivity index (χ1) is 19.0. The van der Waals surface area contributed by atoms with Crippen molar-refractivity contribution in [3.63, 3.8) is 0 Å². The first-order valence-corrected chi connectivity index (χ1v) is 14.4. The number of nitrogens with zero attached hydrogens (tertiary/aromatic N) is 5. The van der Waals surface area contributed by atoms with Crippen molar-refractivity contribution >= 4 is 66.5 Å². The number of rotatable bonds is 3. The molecule has 0 aliphatic carbocycles. The molecular formula is C29H32BrN5O5S. The highest BCUT2D eigenvalue weighted by molar-refractivity contribution is 9.10. The van der Waals surface area contributed by atoms with Crippen LogP contribution in [-0.4, -0.2) is 45.0 Å². The zero-order valence-corrected chi connectivity index (χ0v) is 27.1. The molecule has 0 aliphatic rings. The minimum absolute atomic E-state index is 0.0330. The molecule has 1 aromatic carbocycles. The summed E-state index contributed by atoms with van der Waals surface area (Å²) in [5.74, 6) is 0.550. The molecule has 0 unspecified atom stereocenters. The van der Waals surface area contributed by atoms with Crippen molar-refractivity contribution in [3.8, 4) is 17.5 Å². The number of fused-ring (bicyclic) bond motifs is 3. The number of carbonyl (C=O) groups excluding carboxylic acids is 2. The fourth-order valence-electron chi connectivity index (χ4n) is 4.55. The van der Waals surface area contributed by atoms with Crippen molar-refractivity contribution in [2.45, 2.75) is 73.5 Å². The predicted molar refractivity (Wildman–Crippen MR) is 162 cm³/mol. The van der Waals surface area contributed by atoms with Crippen molar-refractivity contribution in [2.75, 3.05) is 12.0 Å². The standard InChI is InChI=1S/C29H32BrN5O5S/c1-14-11-12-18(38-10)15(2)20(14)34-21-19(23(30)33-24-22(21)41-16(3)32-24)17(13-31)25(34)35(26(36)39-28(4,5)6)27(37)40-29(7,8)9/h11-12H,1-10H3. The van der Waals surface area contributed by atoms with Gasteiger partial charge in [0, 0.05) is 5.56 Å². The van der Waals surface area contributed by atoms with E-state index in [1.54, 1.807) is 53.2 Å². The van der Waals surface area contributed by atoms with E-state index >= 15 is 0 Å². The molecular weight excluding hydrogens is 610 g/mol. The summed E-state index contributed by atoms with van der Waals surface area (Å²) >= 11 is 4.93. The number of benzene rings is 1. The molecule has 0 N–H and O–H groups in total. The van der Waals surface area contributed by atoms with Crippen molar-refractivity contribution in [1.29, 1.82) is 5.26 Å². The molecule has 10 nitrogen and oxygen atoms in total. The van der Waals surface area contributed by atoms with Crippen molar-refractivity contribution in [3.05, 3.63) is 38.4 Å². The number of pyridine rings is 1. The van der Waals surface area contributed by atoms with Gasteiger partial charge in [0.25, 0.3) is 0 Å². The lowest BCUT2D eigenvalue weighted by atomic mass is 10.1. The molecule has 0 saturated carbocycles. The molecule has 0 bridgehead atoms. The molecule has 4 rings (SSSR count). The van der Waals surface area contributed by atoms with Crippen LogP contribution in [0.5, 0.6) is 5.75 Å². The third kappa shape index (κ3) is 5.61. The predicted octanol–water partition coefficient (Wildman–Crippen LogP) is 7.88. The summed E-state index contributed by atoms with van der Waals surface area (Å²) in [6.45, 7) is 15.8. The maximum Gasteiger partial charge on any atom is 0.425 e. The van der Waals surface area contributed by atoms with Gasteiger partial charge in [-0.1, -0.05) is 6.07 Å². The summed E-state index contributed by atoms with van der Waals surface area (Å²) < 4.78 is 19.8. The van der Waals surface area contributed by atoms with Crippen molar-refractivity contribution in [2.24, 2.45) is 0 Å². The molecule has 41 heavy (non-hydrogen) atoms. The third-order valence-electron chi connectivity index (χ3n) is 5.99. The molecule has 0 fully saturated rings. The number of hydrogen-bond acceptors (Lipinski definition) is 9. The Kier molecular flexibility index (Phi) is 7.84. The number of hydrogen-bond donors (Lipinski definition) is 0. The second kappa shape index (κ2) is 10.6. The van der Waals surface area contributed by atoms with E-state index in [4.69, 9.17) is 14.2 Å². The topological polar surface area (TPSA) is 120 Å². The molecule has 0 radical (unpaired) electrons. The quantitative estimate of drug-likeness (QED) is 0.207. The first-order valence-electron chi connectivity index (χ1n) is 12.8. The van der Waals surface area contributed by atoms with Crippen LogP contribution in [0.25, 0.3) is 26.9 Å². The number of imide groups is 1. The van der Waals surface area contributed by atoms with E-state index in [9.17, 15) is 14.9 Å². The average Bonchev–Trinajstić information content (AvgIpc) is 3.34. The van der Waals surface area contributed by atoms with Gasteiger partial charge in [0.05, 0.1) is 33.4 Å². The molecule has 216 valence electrons. The third-order valence-corrected chi connectivity index (χ3v) is 7.53. The lowest BCUT2D eigenvalue weighted by Crippen LogP contribution is -2.45. The Morgan fingerprint density at radius 2 is 1.61 bits per heavy atom. The van der Waals surface area contributed by atoms with Gasteiger partial charge in [0.1, 0.15) is 33.2 Å². The summed E-state index contributed by atoms with van der Waals surface area (Å²) in [5, 5.41) is 11.8. The van der Waals surface area contributed by atoms with Crippen LogP contribution in [0.3, 0.4) is 0 Å². The lowest BCUT2D eigenvalue weighted by molar-refractivity contribution is 0.0428. The van der Waals surface area contributed by atoms with Gasteiger partial charge in [-0.05, 0) is 89.9 Å². The normalized spacial score (nSPS) is 12.0. The van der Waals surface area contributed by atoms with Crippen molar-refractivity contribution in [1.82, 2.24) is 14.5 Å². The van der Waals surface area contributed by atoms with E-state index < -0.39 is 23.4 Å². The number of nitriles is 1. The van der Waals surface area contributed by atoms with Gasteiger partial charge >= 0.3 is 12.2 Å². The van der Waals surface area contributed by atoms with Crippen LogP contribution in [0, 0.1) is 32.1 Å². The highest BCUT2D eigenvalue weighted by Gasteiger charge is 2.40. The summed E-state index contributed by atoms with van der Waals surface area (Å²) in [6, 6.07) is 5.95. The zero-order valence-electron chi connectivity index (χ0n) is 24.7. The van der Waals surface area contributed by atoms with Gasteiger partial charge in [-0.3, -0.25) is 4.57 Å². The maximum atomic E-state index is 13.9. The summed E-state index contributed by atoms with van der Waals surface area (Å²) in [6.07, 6.45) is -1.99. The number of thiazole rings is 1. The van der Waals surface area contributed by atoms with E-state index in [2.05, 4.69) is 32.0 Å². The summed E-state index contributed by atoms with van der Waals surface area (Å²) in [5.41, 5.74) is 1.29. The molecule has 12 heteroatoms. The van der Waals surface area contributed by atoms with E-state index in [-0.39, 0.29) is 11.4 Å². The van der Waals surface area contributed by atoms with Gasteiger partial charge in [0.2, 0.25) is 0 Å². The minimum atomic E-state index is -0.994. The smallest absolute Gasteiger partial charge is 0.425 e. The molecule has 0 aliphatic heterocycles. The molecule has 0 spiro atoms. The van der Waals surface area contributed by atoms with E-state index in [0.29, 0.717) is 37.3 Å². The van der Waals surface area contributed by atoms with Crippen LogP contribution >= 0.6 is 27.3 Å². The zero-order chi connectivity index (χ0) is 30.6. The lowest BCUT2D eigenvalue weighted by Gasteiger charge is -2.30. The first kappa shape index (κ1) is 30.3. The van der Waals surface area contributed by atoms with Crippen LogP contribution in [0.15, 0.2) is 16.7 Å². The molecule has 3 aromatic heterocycles. The maximum absolute atomic E-state index is 13.9. The van der Waals surface area contributed by atoms with Crippen LogP contribution < -0.4 is 9.64 Å². The minimum Gasteiger partial charge on any atom is -0.496 e. The van der Waals surface area contributed by atoms with E-state index in [1.807, 2.05) is 32.9 Å². The van der Waals surface area contributed by atoms with Gasteiger partial charge < -0.3 is 14.2 Å². The molecule has 3 heterocycles. The Hall–Kier alpha value is -3.69. The number of ether oxygens (including phenoxy) is 3. The Morgan fingerprint density at radius 3 is 2.12 bits per heavy atom. The Balaban J connectivity index is 2.29. The summed E-state index contributed by atoms with van der Waals surface area (Å²) in [7, 11) is 1.57. The summed E-state index contributed by atoms with van der Waals surface area (Å²) in [4.78, 5) is 37.7. The van der Waals surface area contributed by atoms with Crippen LogP contribution in [0.4, 0.5) is 15.4 Å². The number of aryl methyl sites for hydroxylation is 2. The Morgan fingerprint density at radius 1 is 1.02 bits per heavy atom. The van der Waals surface area contributed by atoms with Gasteiger partial charge in [-0.25, -0.2) is 19.6 Å². The highest BCUT2D eigenvalue weighted by Crippen LogP contribution is 2.45. The largest absolute Gasteiger partial charge is 0.496 e. The van der Waals surface area contributed by atoms with Gasteiger partial charge in [-0.2, -0.15) is 10.2 Å². The molecule has 4 aromatic rings. The highest BCUT2D eigenvalue weighted by atomic mass is 79.9. The molecule has 2 amide bonds. The Labute approximate surface area is 251 Å². The fraction of sp³-hybridized carbons (Fsp3) is 0.414. The van der Waals surface area contributed by atoms with Crippen LogP contribution in [-0.2, 0) is 9.47 Å². The number of aromatic nitrogens is 3. The second-order valence-electron chi connectivity index (χ2n) is 11.5. The second-order valence-corrected chi connectivity index (χ2v) is 13.5. The monoisotopic (exact) mass is 641 g/mol. The van der Waals surface area contributed by atoms with E-state index in [0.717, 1.165) is 21.0 Å². The molecule has 0 saturated heterocycles. The number of methoxy groups -OCH3 is 1. The van der Waals surface area contributed by atoms with E-state index in [1.165, 1.54) is 11.3 Å². The number of amides is 2. The van der Waals surface area contributed by atoms with Crippen molar-refractivity contribution < 1.29 is 23.8 Å². The van der Waals surface area contributed by atoms with Gasteiger partial charge in [-0.15, -0.1) is 11.3 Å². The van der Waals surface area contributed by atoms with Crippen LogP contribution in [0.1, 0.15) is 63.2 Å².